The number of carbonyl (C=O) groups is 1. The average molecular weight is 848 g/mol. The van der Waals surface area contributed by atoms with Gasteiger partial charge in [0.15, 0.2) is 11.0 Å². The van der Waals surface area contributed by atoms with E-state index in [4.69, 9.17) is 4.74 Å². The van der Waals surface area contributed by atoms with Crippen molar-refractivity contribution in [2.75, 3.05) is 0 Å². The first kappa shape index (κ1) is 26.1. The molecular formula is C66H9NO2. The number of nitriles is 1. The van der Waals surface area contributed by atoms with Crippen molar-refractivity contribution in [3.8, 4) is 6.07 Å². The molecule has 3 nitrogen and oxygen atoms in total. The second-order valence-corrected chi connectivity index (χ2v) is 24.9. The van der Waals surface area contributed by atoms with Crippen molar-refractivity contribution in [2.45, 2.75) is 37.2 Å². The molecule has 0 heterocycles. The summed E-state index contributed by atoms with van der Waals surface area (Å²) < 4.78 is 7.92. The summed E-state index contributed by atoms with van der Waals surface area (Å²) in [7, 11) is 0. The van der Waals surface area contributed by atoms with E-state index in [0.717, 1.165) is 12.8 Å². The molecule has 0 fully saturated rings. The van der Waals surface area contributed by atoms with Crippen LogP contribution in [0, 0.1) is 11.3 Å². The minimum Gasteiger partial charge on any atom is -0.447 e. The topological polar surface area (TPSA) is 50.1 Å². The van der Waals surface area contributed by atoms with E-state index < -0.39 is 11.0 Å². The third-order valence-corrected chi connectivity index (χ3v) is 24.4. The Hall–Kier alpha value is -8.58. The Kier molecular flexibility index (Phi) is 2.23. The Balaban J connectivity index is 1.21. The van der Waals surface area contributed by atoms with Crippen LogP contribution in [0.5, 0.6) is 0 Å². The van der Waals surface area contributed by atoms with Crippen molar-refractivity contribution < 1.29 is 9.53 Å². The van der Waals surface area contributed by atoms with E-state index in [2.05, 4.69) is 13.0 Å². The number of unbranched alkanes of at least 4 members (excludes halogenated alkanes) is 1. The number of rotatable bonds is 4. The zero-order chi connectivity index (χ0) is 41.6. The minimum absolute atomic E-state index is 0.149. The molecule has 0 aliphatic heterocycles. The number of hydrogen-bond acceptors (Lipinski definition) is 3. The Labute approximate surface area is 375 Å². The molecular weight excluding hydrogens is 839 g/mol. The third-order valence-electron chi connectivity index (χ3n) is 24.4. The molecule has 0 saturated heterocycles. The zero-order valence-corrected chi connectivity index (χ0v) is 35.4. The second kappa shape index (κ2) is 5.90. The van der Waals surface area contributed by atoms with Gasteiger partial charge in [0.2, 0.25) is 0 Å². The summed E-state index contributed by atoms with van der Waals surface area (Å²) in [6.07, 6.45) is 2.03. The van der Waals surface area contributed by atoms with Gasteiger partial charge in [-0.25, -0.2) is 0 Å². The van der Waals surface area contributed by atoms with E-state index in [-0.39, 0.29) is 5.97 Å². The molecule has 0 spiro atoms. The smallest absolute Gasteiger partial charge is 0.307 e. The number of ether oxygens (including phenoxy) is 1. The molecule has 0 aromatic heterocycles. The van der Waals surface area contributed by atoms with Crippen molar-refractivity contribution >= 4 is 297 Å². The Morgan fingerprint density at radius 2 is 0.493 bits per heavy atom. The van der Waals surface area contributed by atoms with Gasteiger partial charge in [0.25, 0.3) is 0 Å². The first-order chi connectivity index (χ1) is 34.3. The van der Waals surface area contributed by atoms with E-state index >= 15 is 4.79 Å². The van der Waals surface area contributed by atoms with E-state index in [1.54, 1.807) is 75.4 Å². The van der Waals surface area contributed by atoms with Crippen molar-refractivity contribution in [3.63, 3.8) is 0 Å². The average Bonchev–Trinajstić information content (AvgIpc) is 4.21. The molecule has 0 atom stereocenters. The fourth-order valence-corrected chi connectivity index (χ4v) is 24.1. The van der Waals surface area contributed by atoms with E-state index in [0.29, 0.717) is 6.42 Å². The number of esters is 1. The molecule has 0 radical (unpaired) electrons. The van der Waals surface area contributed by atoms with E-state index in [9.17, 15) is 5.26 Å². The molecule has 28 aromatic carbocycles. The van der Waals surface area contributed by atoms with Crippen LogP contribution in [0.25, 0.3) is 291 Å². The molecule has 0 N–H and O–H groups in total. The standard InChI is InChI=1S/C66H9NO2/c1-2-3-4-6(68)69-66-63-57-51-41-29-21-13-9-7-8-11-15(13)23(29)33-27-19(11)20-12(8)16-14-10(7)18-17(9)25-31(21)39-45-35(25)36-26(18)32-22(14)30-24(16)34-28(20)38-37(27)49(43(33)51)59(63)60-50(38)44(34)52-42(30)48-40(32)46(36)54-53(45)61(55(57)47(39)41)65(66,5-67)62(54)56(48)58(52)64(60)66/h2-4H2,1H3. The van der Waals surface area contributed by atoms with Gasteiger partial charge in [0.05, 0.1) is 6.07 Å². The van der Waals surface area contributed by atoms with Crippen molar-refractivity contribution in [3.05, 3.63) is 22.3 Å². The predicted molar refractivity (Wildman–Crippen MR) is 285 cm³/mol. The van der Waals surface area contributed by atoms with Crippen LogP contribution in [-0.4, -0.2) is 5.97 Å². The van der Waals surface area contributed by atoms with Crippen LogP contribution in [0.4, 0.5) is 0 Å². The largest absolute Gasteiger partial charge is 0.447 e. The van der Waals surface area contributed by atoms with Crippen LogP contribution >= 0.6 is 0 Å². The van der Waals surface area contributed by atoms with Gasteiger partial charge in [-0.1, -0.05) is 13.3 Å². The molecule has 69 heavy (non-hydrogen) atoms. The fraction of sp³-hybridized carbons (Fsp3) is 0.0909. The lowest BCUT2D eigenvalue weighted by atomic mass is 9.55. The summed E-state index contributed by atoms with van der Waals surface area (Å²) in [5.74, 6) is -0.149. The lowest BCUT2D eigenvalue weighted by Gasteiger charge is -2.49. The molecule has 0 bridgehead atoms. The highest BCUT2D eigenvalue weighted by molar-refractivity contribution is 6.82. The number of nitrogens with zero attached hydrogens (tertiary/aromatic N) is 1. The SMILES string of the molecule is CCCCC(=O)OC12c3c4c5c6c7c8c(c9c%10c1c1c3c3c%11c4c4c5c5c7c7c%12c8c8c9c9c%10c%10c1c1c3c3c%11c%11c4c4c5c7c5c7c%12c8c8c9c9c%10c1c1c3c3c%11c4c5c4c7c8c9c1c34)C62C#N. The van der Waals surface area contributed by atoms with Gasteiger partial charge in [-0.2, -0.15) is 5.26 Å². The van der Waals surface area contributed by atoms with Crippen molar-refractivity contribution in [1.29, 1.82) is 5.26 Å². The fourth-order valence-electron chi connectivity index (χ4n) is 24.1. The van der Waals surface area contributed by atoms with Gasteiger partial charge >= 0.3 is 5.97 Å². The highest BCUT2D eigenvalue weighted by atomic mass is 16.6. The number of benzene rings is 18. The first-order valence-electron chi connectivity index (χ1n) is 25.6. The summed E-state index contributed by atoms with van der Waals surface area (Å²) >= 11 is 0. The maximum absolute atomic E-state index is 15.5. The molecule has 28 aromatic rings. The van der Waals surface area contributed by atoms with Gasteiger partial charge < -0.3 is 4.74 Å². The van der Waals surface area contributed by atoms with Crippen LogP contribution in [0.2, 0.25) is 0 Å². The van der Waals surface area contributed by atoms with E-state index in [1.807, 2.05) is 0 Å². The van der Waals surface area contributed by atoms with Crippen LogP contribution in [0.3, 0.4) is 0 Å². The molecule has 4 aliphatic rings. The molecule has 0 saturated carbocycles. The van der Waals surface area contributed by atoms with Crippen LogP contribution < -0.4 is 0 Å². The van der Waals surface area contributed by atoms with Gasteiger partial charge in [0, 0.05) is 17.5 Å². The van der Waals surface area contributed by atoms with Gasteiger partial charge in [-0.15, -0.1) is 0 Å². The monoisotopic (exact) mass is 847 g/mol. The maximum atomic E-state index is 15.5. The van der Waals surface area contributed by atoms with Crippen molar-refractivity contribution in [2.24, 2.45) is 0 Å². The molecule has 290 valence electrons. The lowest BCUT2D eigenvalue weighted by molar-refractivity contribution is -0.160. The van der Waals surface area contributed by atoms with Gasteiger partial charge in [0.1, 0.15) is 0 Å². The summed E-state index contributed by atoms with van der Waals surface area (Å²) in [6.45, 7) is 2.18. The summed E-state index contributed by atoms with van der Waals surface area (Å²) in [4.78, 5) is 15.5. The normalized spacial score (nSPS) is 21.7. The maximum Gasteiger partial charge on any atom is 0.307 e. The minimum atomic E-state index is -1.34. The van der Waals surface area contributed by atoms with Crippen LogP contribution in [0.1, 0.15) is 48.4 Å². The predicted octanol–water partition coefficient (Wildman–Crippen LogP) is 17.5. The van der Waals surface area contributed by atoms with Crippen LogP contribution in [-0.2, 0) is 20.5 Å². The number of carbonyl (C=O) groups excluding carboxylic acids is 1. The summed E-state index contributed by atoms with van der Waals surface area (Å²) in [5.41, 5.74) is 2.16. The molecule has 3 heteroatoms. The third kappa shape index (κ3) is 1.38. The Morgan fingerprint density at radius 1 is 0.319 bits per heavy atom. The Morgan fingerprint density at radius 3 is 0.667 bits per heavy atom. The molecule has 0 unspecified atom stereocenters. The quantitative estimate of drug-likeness (QED) is 0.131. The second-order valence-electron chi connectivity index (χ2n) is 24.9. The molecule has 0 amide bonds. The number of hydrogen-bond donors (Lipinski definition) is 0. The highest BCUT2D eigenvalue weighted by Crippen LogP contribution is 2.84. The first-order valence-corrected chi connectivity index (χ1v) is 25.6. The van der Waals surface area contributed by atoms with Gasteiger partial charge in [-0.3, -0.25) is 4.79 Å². The van der Waals surface area contributed by atoms with Crippen molar-refractivity contribution in [1.82, 2.24) is 0 Å². The highest BCUT2D eigenvalue weighted by Gasteiger charge is 2.73. The summed E-state index contributed by atoms with van der Waals surface area (Å²) in [5, 5.41) is 93.3. The van der Waals surface area contributed by atoms with Crippen LogP contribution in [0.15, 0.2) is 0 Å². The van der Waals surface area contributed by atoms with E-state index in [1.165, 1.54) is 238 Å². The Bertz CT molecular complexity index is 7000. The lowest BCUT2D eigenvalue weighted by Crippen LogP contribution is -2.53. The molecule has 4 aliphatic carbocycles. The zero-order valence-electron chi connectivity index (χ0n) is 35.4. The molecule has 32 rings (SSSR count). The van der Waals surface area contributed by atoms with Gasteiger partial charge in [-0.05, 0) is 308 Å². The summed E-state index contributed by atoms with van der Waals surface area (Å²) in [6, 6.07) is 3.40.